The second-order valence-corrected chi connectivity index (χ2v) is 6.39. The van der Waals surface area contributed by atoms with Gasteiger partial charge in [0.15, 0.2) is 0 Å². The summed E-state index contributed by atoms with van der Waals surface area (Å²) in [6.45, 7) is 12.4. The minimum atomic E-state index is -0.480. The number of carbonyl (C=O) groups is 1. The van der Waals surface area contributed by atoms with Crippen LogP contribution in [0.3, 0.4) is 0 Å². The number of rotatable bonds is 2. The standard InChI is InChI=1S/C16H26N2O/c1-10-8-13(16(4,5)6)9-11(2)14(10)18(7)15(19)12(3)17/h8-9,12H,17H2,1-7H3. The number of anilines is 1. The number of amides is 1. The topological polar surface area (TPSA) is 46.3 Å². The maximum Gasteiger partial charge on any atom is 0.243 e. The molecule has 0 aromatic heterocycles. The first-order valence-electron chi connectivity index (χ1n) is 6.70. The van der Waals surface area contributed by atoms with E-state index < -0.39 is 6.04 Å². The molecule has 0 aliphatic rings. The molecule has 0 saturated carbocycles. The Kier molecular flexibility index (Phi) is 4.41. The first-order chi connectivity index (χ1) is 8.55. The highest BCUT2D eigenvalue weighted by Gasteiger charge is 2.21. The van der Waals surface area contributed by atoms with Crippen molar-refractivity contribution in [2.24, 2.45) is 5.73 Å². The van der Waals surface area contributed by atoms with Crippen LogP contribution >= 0.6 is 0 Å². The van der Waals surface area contributed by atoms with Gasteiger partial charge in [0, 0.05) is 12.7 Å². The van der Waals surface area contributed by atoms with Crippen LogP contribution in [0.5, 0.6) is 0 Å². The second-order valence-electron chi connectivity index (χ2n) is 6.39. The first kappa shape index (κ1) is 15.7. The van der Waals surface area contributed by atoms with Gasteiger partial charge in [-0.25, -0.2) is 0 Å². The van der Waals surface area contributed by atoms with Crippen LogP contribution < -0.4 is 10.6 Å². The van der Waals surface area contributed by atoms with E-state index in [1.807, 2.05) is 13.8 Å². The van der Waals surface area contributed by atoms with Crippen LogP contribution in [0, 0.1) is 13.8 Å². The van der Waals surface area contributed by atoms with Crippen LogP contribution in [0.2, 0.25) is 0 Å². The van der Waals surface area contributed by atoms with Gasteiger partial charge in [0.05, 0.1) is 6.04 Å². The molecule has 1 aromatic rings. The van der Waals surface area contributed by atoms with E-state index in [1.165, 1.54) is 5.56 Å². The van der Waals surface area contributed by atoms with Crippen molar-refractivity contribution in [2.75, 3.05) is 11.9 Å². The van der Waals surface area contributed by atoms with Gasteiger partial charge in [-0.2, -0.15) is 0 Å². The average molecular weight is 262 g/mol. The predicted molar refractivity (Wildman–Crippen MR) is 81.7 cm³/mol. The van der Waals surface area contributed by atoms with Crippen LogP contribution in [-0.4, -0.2) is 19.0 Å². The van der Waals surface area contributed by atoms with Crippen molar-refractivity contribution in [1.29, 1.82) is 0 Å². The molecule has 106 valence electrons. The van der Waals surface area contributed by atoms with E-state index >= 15 is 0 Å². The number of carbonyl (C=O) groups excluding carboxylic acids is 1. The lowest BCUT2D eigenvalue weighted by Crippen LogP contribution is -2.40. The van der Waals surface area contributed by atoms with Crippen molar-refractivity contribution in [3.8, 4) is 0 Å². The van der Waals surface area contributed by atoms with Crippen LogP contribution in [-0.2, 0) is 10.2 Å². The lowest BCUT2D eigenvalue weighted by molar-refractivity contribution is -0.119. The Labute approximate surface area is 116 Å². The van der Waals surface area contributed by atoms with Crippen molar-refractivity contribution in [1.82, 2.24) is 0 Å². The van der Waals surface area contributed by atoms with Crippen molar-refractivity contribution in [2.45, 2.75) is 53.0 Å². The second kappa shape index (κ2) is 5.33. The van der Waals surface area contributed by atoms with Gasteiger partial charge >= 0.3 is 0 Å². The van der Waals surface area contributed by atoms with Gasteiger partial charge in [-0.05, 0) is 42.9 Å². The van der Waals surface area contributed by atoms with E-state index in [4.69, 9.17) is 5.73 Å². The van der Waals surface area contributed by atoms with E-state index in [0.29, 0.717) is 0 Å². The van der Waals surface area contributed by atoms with Gasteiger partial charge in [0.2, 0.25) is 5.91 Å². The third-order valence-corrected chi connectivity index (χ3v) is 3.41. The summed E-state index contributed by atoms with van der Waals surface area (Å²) in [4.78, 5) is 13.7. The van der Waals surface area contributed by atoms with Crippen molar-refractivity contribution < 1.29 is 4.79 Å². The van der Waals surface area contributed by atoms with Crippen LogP contribution in [0.1, 0.15) is 44.4 Å². The number of nitrogens with two attached hydrogens (primary N) is 1. The fourth-order valence-electron chi connectivity index (χ4n) is 2.33. The summed E-state index contributed by atoms with van der Waals surface area (Å²) in [5, 5.41) is 0. The molecule has 1 unspecified atom stereocenters. The summed E-state index contributed by atoms with van der Waals surface area (Å²) in [6, 6.07) is 3.84. The Bertz CT molecular complexity index is 461. The lowest BCUT2D eigenvalue weighted by Gasteiger charge is -2.27. The molecule has 0 aliphatic heterocycles. The summed E-state index contributed by atoms with van der Waals surface area (Å²) in [6.07, 6.45) is 0. The third-order valence-electron chi connectivity index (χ3n) is 3.41. The quantitative estimate of drug-likeness (QED) is 0.890. The Morgan fingerprint density at radius 3 is 1.95 bits per heavy atom. The van der Waals surface area contributed by atoms with Gasteiger partial charge in [-0.3, -0.25) is 4.79 Å². The zero-order chi connectivity index (χ0) is 15.0. The van der Waals surface area contributed by atoms with Crippen molar-refractivity contribution in [3.05, 3.63) is 28.8 Å². The van der Waals surface area contributed by atoms with Gasteiger partial charge in [-0.15, -0.1) is 0 Å². The molecule has 2 N–H and O–H groups in total. The minimum Gasteiger partial charge on any atom is -0.320 e. The van der Waals surface area contributed by atoms with Gasteiger partial charge < -0.3 is 10.6 Å². The summed E-state index contributed by atoms with van der Waals surface area (Å²) in [5.41, 5.74) is 10.3. The van der Waals surface area contributed by atoms with Gasteiger partial charge in [0.1, 0.15) is 0 Å². The number of hydrogen-bond donors (Lipinski definition) is 1. The molecule has 0 fully saturated rings. The zero-order valence-electron chi connectivity index (χ0n) is 13.2. The average Bonchev–Trinajstić information content (AvgIpc) is 2.25. The Morgan fingerprint density at radius 2 is 1.63 bits per heavy atom. The molecule has 3 heteroatoms. The molecule has 0 radical (unpaired) electrons. The maximum atomic E-state index is 12.0. The Morgan fingerprint density at radius 1 is 1.21 bits per heavy atom. The zero-order valence-corrected chi connectivity index (χ0v) is 13.2. The van der Waals surface area contributed by atoms with Crippen LogP contribution in [0.4, 0.5) is 5.69 Å². The molecule has 0 aliphatic carbocycles. The molecule has 1 amide bonds. The number of likely N-dealkylation sites (N-methyl/N-ethyl adjacent to an activating group) is 1. The highest BCUT2D eigenvalue weighted by molar-refractivity contribution is 5.97. The summed E-state index contributed by atoms with van der Waals surface area (Å²) >= 11 is 0. The SMILES string of the molecule is Cc1cc(C(C)(C)C)cc(C)c1N(C)C(=O)C(C)N. The summed E-state index contributed by atoms with van der Waals surface area (Å²) in [7, 11) is 1.79. The fourth-order valence-corrected chi connectivity index (χ4v) is 2.33. The van der Waals surface area contributed by atoms with Crippen LogP contribution in [0.15, 0.2) is 12.1 Å². The Balaban J connectivity index is 3.29. The Hall–Kier alpha value is -1.35. The molecule has 0 bridgehead atoms. The highest BCUT2D eigenvalue weighted by atomic mass is 16.2. The molecule has 0 spiro atoms. The molecule has 1 aromatic carbocycles. The number of nitrogens with zero attached hydrogens (tertiary/aromatic N) is 1. The fraction of sp³-hybridized carbons (Fsp3) is 0.562. The normalized spacial score (nSPS) is 13.3. The number of benzene rings is 1. The third kappa shape index (κ3) is 3.35. The van der Waals surface area contributed by atoms with Crippen LogP contribution in [0.25, 0.3) is 0 Å². The summed E-state index contributed by atoms with van der Waals surface area (Å²) < 4.78 is 0. The number of hydrogen-bond acceptors (Lipinski definition) is 2. The van der Waals surface area contributed by atoms with Gasteiger partial charge in [-0.1, -0.05) is 32.9 Å². The molecule has 0 saturated heterocycles. The molecule has 0 heterocycles. The van der Waals surface area contributed by atoms with Crippen molar-refractivity contribution >= 4 is 11.6 Å². The molecular weight excluding hydrogens is 236 g/mol. The largest absolute Gasteiger partial charge is 0.320 e. The molecule has 1 atom stereocenters. The molecular formula is C16H26N2O. The van der Waals surface area contributed by atoms with E-state index in [9.17, 15) is 4.79 Å². The first-order valence-corrected chi connectivity index (χ1v) is 6.70. The van der Waals surface area contributed by atoms with E-state index in [2.05, 4.69) is 32.9 Å². The summed E-state index contributed by atoms with van der Waals surface area (Å²) in [5.74, 6) is -0.0605. The number of aryl methyl sites for hydroxylation is 2. The van der Waals surface area contributed by atoms with E-state index in [1.54, 1.807) is 18.9 Å². The van der Waals surface area contributed by atoms with E-state index in [0.717, 1.165) is 16.8 Å². The highest BCUT2D eigenvalue weighted by Crippen LogP contribution is 2.31. The molecule has 19 heavy (non-hydrogen) atoms. The van der Waals surface area contributed by atoms with E-state index in [-0.39, 0.29) is 11.3 Å². The maximum absolute atomic E-state index is 12.0. The van der Waals surface area contributed by atoms with Gasteiger partial charge in [0.25, 0.3) is 0 Å². The molecule has 1 rings (SSSR count). The lowest BCUT2D eigenvalue weighted by atomic mass is 9.84. The smallest absolute Gasteiger partial charge is 0.243 e. The predicted octanol–water partition coefficient (Wildman–Crippen LogP) is 2.91. The molecule has 3 nitrogen and oxygen atoms in total. The monoisotopic (exact) mass is 262 g/mol. The van der Waals surface area contributed by atoms with Crippen molar-refractivity contribution in [3.63, 3.8) is 0 Å². The minimum absolute atomic E-state index is 0.0605.